The number of nitrogens with zero attached hydrogens (tertiary/aromatic N) is 5. The number of methoxy groups -OCH3 is 1. The van der Waals surface area contributed by atoms with E-state index in [-0.39, 0.29) is 18.0 Å². The average molecular weight is 433 g/mol. The lowest BCUT2D eigenvalue weighted by Gasteiger charge is -2.10. The minimum Gasteiger partial charge on any atom is -0.495 e. The molecule has 32 heavy (non-hydrogen) atoms. The predicted octanol–water partition coefficient (Wildman–Crippen LogP) is 2.64. The van der Waals surface area contributed by atoms with Crippen LogP contribution in [0.15, 0.2) is 64.3 Å². The highest BCUT2D eigenvalue weighted by Gasteiger charge is 2.21. The van der Waals surface area contributed by atoms with E-state index in [1.807, 2.05) is 42.0 Å². The number of hydrogen-bond donors (Lipinski definition) is 0. The molecule has 2 aromatic carbocycles. The molecule has 5 rings (SSSR count). The van der Waals surface area contributed by atoms with Gasteiger partial charge in [-0.05, 0) is 36.8 Å². The maximum atomic E-state index is 13.4. The number of aromatic nitrogens is 5. The van der Waals surface area contributed by atoms with Gasteiger partial charge >= 0.3 is 5.69 Å². The van der Waals surface area contributed by atoms with Gasteiger partial charge in [0.15, 0.2) is 11.2 Å². The number of ether oxygens (including phenoxy) is 1. The molecule has 3 aromatic heterocycles. The molecular weight excluding hydrogens is 413 g/mol. The van der Waals surface area contributed by atoms with Crippen LogP contribution in [0.1, 0.15) is 11.3 Å². The van der Waals surface area contributed by atoms with E-state index in [4.69, 9.17) is 4.74 Å². The topological polar surface area (TPSA) is 75.5 Å². The number of hydrogen-bond acceptors (Lipinski definition) is 4. The highest BCUT2D eigenvalue weighted by molar-refractivity contribution is 5.76. The van der Waals surface area contributed by atoms with Crippen molar-refractivity contribution in [3.8, 4) is 11.4 Å². The van der Waals surface area contributed by atoms with Crippen molar-refractivity contribution < 1.29 is 9.13 Å². The maximum Gasteiger partial charge on any atom is 0.332 e. The van der Waals surface area contributed by atoms with E-state index in [0.29, 0.717) is 22.6 Å². The molecular formula is C23H20FN5O3. The second-order valence-corrected chi connectivity index (χ2v) is 7.59. The van der Waals surface area contributed by atoms with Crippen molar-refractivity contribution in [2.24, 2.45) is 7.05 Å². The van der Waals surface area contributed by atoms with Crippen molar-refractivity contribution in [2.75, 3.05) is 7.11 Å². The Morgan fingerprint density at radius 1 is 1.06 bits per heavy atom. The summed E-state index contributed by atoms with van der Waals surface area (Å²) in [6.07, 6.45) is 1.81. The standard InChI is InChI=1S/C23H20FN5O3/c1-14-12-27-19-20(25-22(27)29(14)17-6-4-5-7-18(17)32-3)26(2)23(31)28(21(19)30)13-15-8-10-16(24)11-9-15/h4-12H,13H2,1-3H3. The lowest BCUT2D eigenvalue weighted by atomic mass is 10.2. The Kier molecular flexibility index (Phi) is 4.47. The first-order valence-corrected chi connectivity index (χ1v) is 9.98. The summed E-state index contributed by atoms with van der Waals surface area (Å²) in [7, 11) is 3.17. The van der Waals surface area contributed by atoms with Crippen molar-refractivity contribution in [3.63, 3.8) is 0 Å². The van der Waals surface area contributed by atoms with Gasteiger partial charge in [-0.3, -0.25) is 22.9 Å². The van der Waals surface area contributed by atoms with Gasteiger partial charge in [0.1, 0.15) is 11.6 Å². The molecule has 8 nitrogen and oxygen atoms in total. The van der Waals surface area contributed by atoms with Crippen molar-refractivity contribution in [1.82, 2.24) is 23.1 Å². The van der Waals surface area contributed by atoms with Crippen molar-refractivity contribution in [3.05, 3.63) is 92.6 Å². The van der Waals surface area contributed by atoms with E-state index in [2.05, 4.69) is 4.98 Å². The number of para-hydroxylation sites is 2. The van der Waals surface area contributed by atoms with Crippen molar-refractivity contribution >= 4 is 16.9 Å². The van der Waals surface area contributed by atoms with Gasteiger partial charge in [-0.1, -0.05) is 24.3 Å². The molecule has 162 valence electrons. The first-order valence-electron chi connectivity index (χ1n) is 9.98. The third-order valence-corrected chi connectivity index (χ3v) is 5.61. The van der Waals surface area contributed by atoms with E-state index in [1.165, 1.54) is 16.7 Å². The molecule has 0 saturated carbocycles. The molecule has 9 heteroatoms. The van der Waals surface area contributed by atoms with Crippen molar-refractivity contribution in [2.45, 2.75) is 13.5 Å². The molecule has 0 spiro atoms. The Bertz CT molecular complexity index is 1610. The largest absolute Gasteiger partial charge is 0.495 e. The Balaban J connectivity index is 1.79. The highest BCUT2D eigenvalue weighted by atomic mass is 19.1. The fourth-order valence-corrected chi connectivity index (χ4v) is 4.03. The molecule has 0 aliphatic heterocycles. The summed E-state index contributed by atoms with van der Waals surface area (Å²) in [5.74, 6) is 0.770. The van der Waals surface area contributed by atoms with Gasteiger partial charge in [0.2, 0.25) is 5.78 Å². The predicted molar refractivity (Wildman–Crippen MR) is 118 cm³/mol. The zero-order chi connectivity index (χ0) is 22.6. The fraction of sp³-hybridized carbons (Fsp3) is 0.174. The number of benzene rings is 2. The van der Waals surface area contributed by atoms with Crippen LogP contribution in [0.4, 0.5) is 4.39 Å². The number of halogens is 1. The van der Waals surface area contributed by atoms with Crippen LogP contribution >= 0.6 is 0 Å². The van der Waals surface area contributed by atoms with Gasteiger partial charge in [-0.15, -0.1) is 0 Å². The molecule has 3 heterocycles. The van der Waals surface area contributed by atoms with Crippen LogP contribution in [0.3, 0.4) is 0 Å². The monoisotopic (exact) mass is 433 g/mol. The van der Waals surface area contributed by atoms with Gasteiger partial charge in [0, 0.05) is 18.9 Å². The first kappa shape index (κ1) is 19.8. The van der Waals surface area contributed by atoms with Gasteiger partial charge in [0.05, 0.1) is 19.3 Å². The fourth-order valence-electron chi connectivity index (χ4n) is 4.03. The maximum absolute atomic E-state index is 13.4. The molecule has 5 aromatic rings. The zero-order valence-corrected chi connectivity index (χ0v) is 17.7. The molecule has 0 fully saturated rings. The molecule has 0 bridgehead atoms. The van der Waals surface area contributed by atoms with Crippen LogP contribution in [-0.2, 0) is 13.6 Å². The summed E-state index contributed by atoms with van der Waals surface area (Å²) in [5.41, 5.74) is 1.89. The minimum absolute atomic E-state index is 0.0289. The highest BCUT2D eigenvalue weighted by Crippen LogP contribution is 2.27. The van der Waals surface area contributed by atoms with E-state index in [9.17, 15) is 14.0 Å². The van der Waals surface area contributed by atoms with Gasteiger partial charge in [0.25, 0.3) is 5.56 Å². The average Bonchev–Trinajstić information content (AvgIpc) is 3.31. The van der Waals surface area contributed by atoms with Crippen LogP contribution in [0, 0.1) is 12.7 Å². The molecule has 0 amide bonds. The second kappa shape index (κ2) is 7.23. The summed E-state index contributed by atoms with van der Waals surface area (Å²) in [6.45, 7) is 1.94. The third kappa shape index (κ3) is 2.85. The normalized spacial score (nSPS) is 11.5. The summed E-state index contributed by atoms with van der Waals surface area (Å²) in [4.78, 5) is 31.0. The Hall–Kier alpha value is -4.14. The lowest BCUT2D eigenvalue weighted by Crippen LogP contribution is -2.39. The third-order valence-electron chi connectivity index (χ3n) is 5.61. The molecule has 0 unspecified atom stereocenters. The number of imidazole rings is 2. The summed E-state index contributed by atoms with van der Waals surface area (Å²) in [5, 5.41) is 0. The van der Waals surface area contributed by atoms with Crippen LogP contribution in [0.25, 0.3) is 22.6 Å². The summed E-state index contributed by atoms with van der Waals surface area (Å²) >= 11 is 0. The van der Waals surface area contributed by atoms with E-state index < -0.39 is 11.2 Å². The van der Waals surface area contributed by atoms with Crippen molar-refractivity contribution in [1.29, 1.82) is 0 Å². The first-order chi connectivity index (χ1) is 15.4. The number of fused-ring (bicyclic) bond motifs is 3. The van der Waals surface area contributed by atoms with Gasteiger partial charge in [-0.25, -0.2) is 9.18 Å². The smallest absolute Gasteiger partial charge is 0.332 e. The Labute approximate surface area is 181 Å². The van der Waals surface area contributed by atoms with Crippen LogP contribution in [-0.4, -0.2) is 30.2 Å². The van der Waals surface area contributed by atoms with E-state index >= 15 is 0 Å². The number of aryl methyl sites for hydroxylation is 2. The SMILES string of the molecule is COc1ccccc1-n1c(C)cn2c3c(=O)n(Cc4ccc(F)cc4)c(=O)n(C)c3nc12. The number of rotatable bonds is 4. The second-order valence-electron chi connectivity index (χ2n) is 7.59. The zero-order valence-electron chi connectivity index (χ0n) is 17.7. The molecule has 0 radical (unpaired) electrons. The molecule has 0 atom stereocenters. The van der Waals surface area contributed by atoms with Gasteiger partial charge < -0.3 is 4.74 Å². The quantitative estimate of drug-likeness (QED) is 0.437. The van der Waals surface area contributed by atoms with Crippen LogP contribution in [0.5, 0.6) is 5.75 Å². The Morgan fingerprint density at radius 2 is 1.78 bits per heavy atom. The Morgan fingerprint density at radius 3 is 2.50 bits per heavy atom. The molecule has 0 aliphatic rings. The summed E-state index contributed by atoms with van der Waals surface area (Å²) < 4.78 is 24.8. The van der Waals surface area contributed by atoms with E-state index in [1.54, 1.807) is 30.7 Å². The lowest BCUT2D eigenvalue weighted by molar-refractivity contribution is 0.413. The summed E-state index contributed by atoms with van der Waals surface area (Å²) in [6, 6.07) is 13.2. The molecule has 0 N–H and O–H groups in total. The van der Waals surface area contributed by atoms with E-state index in [0.717, 1.165) is 15.9 Å². The molecule has 0 aliphatic carbocycles. The molecule has 0 saturated heterocycles. The van der Waals surface area contributed by atoms with Crippen LogP contribution in [0.2, 0.25) is 0 Å². The van der Waals surface area contributed by atoms with Gasteiger partial charge in [-0.2, -0.15) is 4.98 Å². The minimum atomic E-state index is -0.492. The van der Waals surface area contributed by atoms with Crippen LogP contribution < -0.4 is 16.0 Å².